The quantitative estimate of drug-likeness (QED) is 0.780. The van der Waals surface area contributed by atoms with Gasteiger partial charge in [0, 0.05) is 18.8 Å². The number of halogens is 1. The van der Waals surface area contributed by atoms with E-state index in [1.165, 1.54) is 29.6 Å². The van der Waals surface area contributed by atoms with E-state index in [2.05, 4.69) is 5.32 Å². The van der Waals surface area contributed by atoms with E-state index in [9.17, 15) is 13.2 Å². The van der Waals surface area contributed by atoms with Crippen LogP contribution in [0, 0.1) is 17.2 Å². The molecule has 1 N–H and O–H groups in total. The molecular weight excluding hydrogens is 414 g/mol. The minimum atomic E-state index is -3.79. The van der Waals surface area contributed by atoms with Crippen LogP contribution in [0.15, 0.2) is 47.4 Å². The number of carbonyl (C=O) groups is 1. The van der Waals surface area contributed by atoms with Crippen LogP contribution in [0.2, 0.25) is 5.02 Å². The predicted octanol–water partition coefficient (Wildman–Crippen LogP) is 3.26. The summed E-state index contributed by atoms with van der Waals surface area (Å²) in [6.07, 6.45) is 1.15. The van der Waals surface area contributed by atoms with Crippen LogP contribution in [0.5, 0.6) is 5.75 Å². The molecule has 152 valence electrons. The smallest absolute Gasteiger partial charge is 0.243 e. The van der Waals surface area contributed by atoms with E-state index in [1.807, 2.05) is 6.07 Å². The van der Waals surface area contributed by atoms with Crippen LogP contribution in [-0.4, -0.2) is 38.8 Å². The largest absolute Gasteiger partial charge is 0.495 e. The third-order valence-corrected chi connectivity index (χ3v) is 6.93. The van der Waals surface area contributed by atoms with Gasteiger partial charge in [-0.15, -0.1) is 0 Å². The van der Waals surface area contributed by atoms with E-state index < -0.39 is 15.9 Å². The van der Waals surface area contributed by atoms with Gasteiger partial charge >= 0.3 is 0 Å². The highest BCUT2D eigenvalue weighted by Gasteiger charge is 2.33. The highest BCUT2D eigenvalue weighted by molar-refractivity contribution is 7.89. The molecule has 1 heterocycles. The number of nitrogens with zero attached hydrogens (tertiary/aromatic N) is 2. The van der Waals surface area contributed by atoms with Gasteiger partial charge in [-0.05, 0) is 49.2 Å². The van der Waals surface area contributed by atoms with E-state index in [1.54, 1.807) is 24.3 Å². The molecule has 9 heteroatoms. The normalized spacial score (nSPS) is 17.3. The Morgan fingerprint density at radius 1 is 1.31 bits per heavy atom. The summed E-state index contributed by atoms with van der Waals surface area (Å²) >= 11 is 6.07. The van der Waals surface area contributed by atoms with Crippen molar-refractivity contribution in [1.82, 2.24) is 4.31 Å². The van der Waals surface area contributed by atoms with Gasteiger partial charge in [-0.25, -0.2) is 8.42 Å². The number of amides is 1. The van der Waals surface area contributed by atoms with Crippen LogP contribution in [0.25, 0.3) is 0 Å². The van der Waals surface area contributed by atoms with E-state index in [-0.39, 0.29) is 22.4 Å². The second-order valence-electron chi connectivity index (χ2n) is 6.68. The molecule has 1 atom stereocenters. The number of hydrogen-bond acceptors (Lipinski definition) is 5. The van der Waals surface area contributed by atoms with Gasteiger partial charge in [-0.1, -0.05) is 17.7 Å². The Morgan fingerprint density at radius 2 is 2.10 bits per heavy atom. The number of hydrogen-bond donors (Lipinski definition) is 1. The fourth-order valence-corrected chi connectivity index (χ4v) is 5.12. The average Bonchev–Trinajstić information content (AvgIpc) is 2.73. The summed E-state index contributed by atoms with van der Waals surface area (Å²) in [5.74, 6) is -0.369. The monoisotopic (exact) mass is 433 g/mol. The number of carbonyl (C=O) groups excluding carboxylic acids is 1. The first-order valence-corrected chi connectivity index (χ1v) is 10.8. The molecule has 1 amide bonds. The van der Waals surface area contributed by atoms with E-state index in [0.717, 1.165) is 0 Å². The molecule has 1 aliphatic heterocycles. The van der Waals surface area contributed by atoms with Crippen LogP contribution in [0.3, 0.4) is 0 Å². The Morgan fingerprint density at radius 3 is 2.79 bits per heavy atom. The predicted molar refractivity (Wildman–Crippen MR) is 109 cm³/mol. The van der Waals surface area contributed by atoms with Crippen molar-refractivity contribution in [2.45, 2.75) is 17.7 Å². The molecular formula is C20H20ClN3O4S. The Kier molecular flexibility index (Phi) is 6.42. The molecule has 0 radical (unpaired) electrons. The lowest BCUT2D eigenvalue weighted by atomic mass is 9.98. The maximum atomic E-state index is 13.0. The van der Waals surface area contributed by atoms with Gasteiger partial charge in [0.25, 0.3) is 0 Å². The highest BCUT2D eigenvalue weighted by Crippen LogP contribution is 2.30. The van der Waals surface area contributed by atoms with Crippen molar-refractivity contribution in [3.05, 3.63) is 53.1 Å². The van der Waals surface area contributed by atoms with Gasteiger partial charge in [0.15, 0.2) is 0 Å². The van der Waals surface area contributed by atoms with E-state index >= 15 is 0 Å². The Hall–Kier alpha value is -2.60. The van der Waals surface area contributed by atoms with Crippen molar-refractivity contribution < 1.29 is 17.9 Å². The number of benzene rings is 2. The lowest BCUT2D eigenvalue weighted by Crippen LogP contribution is -2.43. The van der Waals surface area contributed by atoms with Crippen LogP contribution < -0.4 is 10.1 Å². The SMILES string of the molecule is COc1ccc(S(=O)(=O)N2CCCC(C(=O)Nc3cccc(C#N)c3)C2)cc1Cl. The number of sulfonamides is 1. The number of rotatable bonds is 5. The fourth-order valence-electron chi connectivity index (χ4n) is 3.24. The molecule has 2 aromatic carbocycles. The average molecular weight is 434 g/mol. The summed E-state index contributed by atoms with van der Waals surface area (Å²) < 4.78 is 32.4. The van der Waals surface area contributed by atoms with Gasteiger partial charge in [0.1, 0.15) is 5.75 Å². The van der Waals surface area contributed by atoms with Gasteiger partial charge in [-0.3, -0.25) is 4.79 Å². The molecule has 0 bridgehead atoms. The first kappa shape index (κ1) is 21.1. The summed E-state index contributed by atoms with van der Waals surface area (Å²) in [5.41, 5.74) is 0.947. The second kappa shape index (κ2) is 8.82. The van der Waals surface area contributed by atoms with Crippen molar-refractivity contribution >= 4 is 33.2 Å². The standard InChI is InChI=1S/C20H20ClN3O4S/c1-28-19-8-7-17(11-18(19)21)29(26,27)24-9-3-5-15(13-24)20(25)23-16-6-2-4-14(10-16)12-22/h2,4,6-8,10-11,15H,3,5,9,13H2,1H3,(H,23,25). The molecule has 3 rings (SSSR count). The van der Waals surface area contributed by atoms with E-state index in [4.69, 9.17) is 21.6 Å². The van der Waals surface area contributed by atoms with E-state index in [0.29, 0.717) is 36.4 Å². The number of anilines is 1. The molecule has 1 fully saturated rings. The lowest BCUT2D eigenvalue weighted by molar-refractivity contribution is -0.120. The zero-order valence-electron chi connectivity index (χ0n) is 15.8. The molecule has 1 aliphatic rings. The van der Waals surface area contributed by atoms with Crippen LogP contribution >= 0.6 is 11.6 Å². The number of nitrogens with one attached hydrogen (secondary N) is 1. The number of piperidine rings is 1. The summed E-state index contributed by atoms with van der Waals surface area (Å²) in [5, 5.41) is 12.0. The highest BCUT2D eigenvalue weighted by atomic mass is 35.5. The third kappa shape index (κ3) is 4.70. The molecule has 7 nitrogen and oxygen atoms in total. The zero-order chi connectivity index (χ0) is 21.0. The first-order valence-electron chi connectivity index (χ1n) is 9.00. The second-order valence-corrected chi connectivity index (χ2v) is 9.03. The van der Waals surface area contributed by atoms with Gasteiger partial charge in [-0.2, -0.15) is 9.57 Å². The topological polar surface area (TPSA) is 99.5 Å². The molecule has 1 unspecified atom stereocenters. The first-order chi connectivity index (χ1) is 13.8. The maximum Gasteiger partial charge on any atom is 0.243 e. The van der Waals surface area contributed by atoms with Crippen LogP contribution in [0.1, 0.15) is 18.4 Å². The van der Waals surface area contributed by atoms with Gasteiger partial charge in [0.05, 0.1) is 34.6 Å². The van der Waals surface area contributed by atoms with Gasteiger partial charge in [0.2, 0.25) is 15.9 Å². The van der Waals surface area contributed by atoms with Crippen molar-refractivity contribution in [3.63, 3.8) is 0 Å². The molecule has 0 aromatic heterocycles. The lowest BCUT2D eigenvalue weighted by Gasteiger charge is -2.31. The summed E-state index contributed by atoms with van der Waals surface area (Å²) in [6, 6.07) is 12.9. The third-order valence-electron chi connectivity index (χ3n) is 4.78. The minimum Gasteiger partial charge on any atom is -0.495 e. The van der Waals surface area contributed by atoms with Crippen LogP contribution in [0.4, 0.5) is 5.69 Å². The maximum absolute atomic E-state index is 13.0. The van der Waals surface area contributed by atoms with Crippen molar-refractivity contribution in [2.75, 3.05) is 25.5 Å². The number of methoxy groups -OCH3 is 1. The van der Waals surface area contributed by atoms with Crippen molar-refractivity contribution in [2.24, 2.45) is 5.92 Å². The zero-order valence-corrected chi connectivity index (χ0v) is 17.3. The van der Waals surface area contributed by atoms with Gasteiger partial charge < -0.3 is 10.1 Å². The molecule has 1 saturated heterocycles. The minimum absolute atomic E-state index is 0.0612. The Labute approximate surface area is 174 Å². The summed E-state index contributed by atoms with van der Waals surface area (Å²) in [7, 11) is -2.34. The summed E-state index contributed by atoms with van der Waals surface area (Å²) in [4.78, 5) is 12.7. The molecule has 0 aliphatic carbocycles. The molecule has 2 aromatic rings. The van der Waals surface area contributed by atoms with Crippen molar-refractivity contribution in [1.29, 1.82) is 5.26 Å². The number of ether oxygens (including phenoxy) is 1. The number of nitriles is 1. The summed E-state index contributed by atoms with van der Waals surface area (Å²) in [6.45, 7) is 0.412. The molecule has 0 spiro atoms. The molecule has 0 saturated carbocycles. The fraction of sp³-hybridized carbons (Fsp3) is 0.300. The van der Waals surface area contributed by atoms with Crippen LogP contribution in [-0.2, 0) is 14.8 Å². The Balaban J connectivity index is 1.74. The van der Waals surface area contributed by atoms with Crippen molar-refractivity contribution in [3.8, 4) is 11.8 Å². The Bertz CT molecular complexity index is 1070. The molecule has 29 heavy (non-hydrogen) atoms.